The summed E-state index contributed by atoms with van der Waals surface area (Å²) in [7, 11) is 1.83. The van der Waals surface area contributed by atoms with E-state index in [0.29, 0.717) is 5.02 Å². The molecular formula is C12H11BrClN3. The Kier molecular flexibility index (Phi) is 3.86. The standard InChI is InChI=1S/C12H11BrClN3/c1-15-12-7-9(4-5-16-12)17-11-6-8(13)2-3-10(11)14/h2-7H,1H3,(H2,15,16,17). The average Bonchev–Trinajstić information content (AvgIpc) is 2.34. The summed E-state index contributed by atoms with van der Waals surface area (Å²) in [5, 5.41) is 6.91. The molecule has 0 atom stereocenters. The molecule has 0 bridgehead atoms. The van der Waals surface area contributed by atoms with Crippen LogP contribution in [0.15, 0.2) is 41.0 Å². The molecule has 0 amide bonds. The number of aromatic nitrogens is 1. The van der Waals surface area contributed by atoms with Crippen LogP contribution in [-0.2, 0) is 0 Å². The van der Waals surface area contributed by atoms with Crippen molar-refractivity contribution >= 4 is 44.7 Å². The van der Waals surface area contributed by atoms with Gasteiger partial charge in [0.1, 0.15) is 5.82 Å². The van der Waals surface area contributed by atoms with Crippen LogP contribution in [-0.4, -0.2) is 12.0 Å². The van der Waals surface area contributed by atoms with Crippen molar-refractivity contribution in [1.29, 1.82) is 0 Å². The molecule has 5 heteroatoms. The molecule has 3 nitrogen and oxygen atoms in total. The topological polar surface area (TPSA) is 37.0 Å². The minimum Gasteiger partial charge on any atom is -0.373 e. The quantitative estimate of drug-likeness (QED) is 0.888. The third kappa shape index (κ3) is 3.11. The second kappa shape index (κ2) is 5.38. The molecule has 0 unspecified atom stereocenters. The number of hydrogen-bond donors (Lipinski definition) is 2. The van der Waals surface area contributed by atoms with Crippen molar-refractivity contribution in [3.63, 3.8) is 0 Å². The zero-order valence-corrected chi connectivity index (χ0v) is 11.5. The lowest BCUT2D eigenvalue weighted by molar-refractivity contribution is 1.28. The Morgan fingerprint density at radius 1 is 1.24 bits per heavy atom. The van der Waals surface area contributed by atoms with E-state index in [-0.39, 0.29) is 0 Å². The van der Waals surface area contributed by atoms with Gasteiger partial charge in [-0.2, -0.15) is 0 Å². The molecule has 1 heterocycles. The number of pyridine rings is 1. The highest BCUT2D eigenvalue weighted by molar-refractivity contribution is 9.10. The smallest absolute Gasteiger partial charge is 0.127 e. The summed E-state index contributed by atoms with van der Waals surface area (Å²) in [6.45, 7) is 0. The van der Waals surface area contributed by atoms with Crippen molar-refractivity contribution in [3.8, 4) is 0 Å². The van der Waals surface area contributed by atoms with Gasteiger partial charge in [-0.3, -0.25) is 0 Å². The summed E-state index contributed by atoms with van der Waals surface area (Å²) in [4.78, 5) is 4.15. The van der Waals surface area contributed by atoms with Crippen LogP contribution in [0, 0.1) is 0 Å². The van der Waals surface area contributed by atoms with E-state index in [4.69, 9.17) is 11.6 Å². The van der Waals surface area contributed by atoms with Crippen molar-refractivity contribution in [2.24, 2.45) is 0 Å². The summed E-state index contributed by atoms with van der Waals surface area (Å²) in [5.74, 6) is 0.807. The SMILES string of the molecule is CNc1cc(Nc2cc(Br)ccc2Cl)ccn1. The zero-order chi connectivity index (χ0) is 12.3. The maximum Gasteiger partial charge on any atom is 0.127 e. The molecule has 0 spiro atoms. The van der Waals surface area contributed by atoms with Gasteiger partial charge >= 0.3 is 0 Å². The Bertz CT molecular complexity index is 531. The lowest BCUT2D eigenvalue weighted by atomic mass is 10.3. The second-order valence-electron chi connectivity index (χ2n) is 3.43. The number of benzene rings is 1. The van der Waals surface area contributed by atoms with Crippen molar-refractivity contribution in [3.05, 3.63) is 46.0 Å². The van der Waals surface area contributed by atoms with Gasteiger partial charge in [-0.15, -0.1) is 0 Å². The lowest BCUT2D eigenvalue weighted by Crippen LogP contribution is -1.95. The van der Waals surface area contributed by atoms with E-state index in [1.807, 2.05) is 37.4 Å². The van der Waals surface area contributed by atoms with Gasteiger partial charge in [0.05, 0.1) is 10.7 Å². The van der Waals surface area contributed by atoms with Crippen molar-refractivity contribution in [2.75, 3.05) is 17.7 Å². The summed E-state index contributed by atoms with van der Waals surface area (Å²) >= 11 is 9.52. The monoisotopic (exact) mass is 311 g/mol. The summed E-state index contributed by atoms with van der Waals surface area (Å²) in [6.07, 6.45) is 1.74. The molecule has 0 fully saturated rings. The van der Waals surface area contributed by atoms with Gasteiger partial charge in [0.15, 0.2) is 0 Å². The van der Waals surface area contributed by atoms with Gasteiger partial charge in [-0.05, 0) is 24.3 Å². The molecule has 0 aliphatic rings. The first-order valence-corrected chi connectivity index (χ1v) is 6.22. The first-order valence-electron chi connectivity index (χ1n) is 5.05. The Hall–Kier alpha value is -1.26. The minimum atomic E-state index is 0.677. The Morgan fingerprint density at radius 3 is 2.82 bits per heavy atom. The van der Waals surface area contributed by atoms with Gasteiger partial charge in [-0.1, -0.05) is 27.5 Å². The predicted molar refractivity (Wildman–Crippen MR) is 76.2 cm³/mol. The fraction of sp³-hybridized carbons (Fsp3) is 0.0833. The van der Waals surface area contributed by atoms with Gasteiger partial charge in [0.25, 0.3) is 0 Å². The third-order valence-electron chi connectivity index (χ3n) is 2.22. The number of halogens is 2. The second-order valence-corrected chi connectivity index (χ2v) is 4.75. The van der Waals surface area contributed by atoms with Crippen molar-refractivity contribution in [1.82, 2.24) is 4.98 Å². The summed E-state index contributed by atoms with van der Waals surface area (Å²) in [5.41, 5.74) is 1.79. The number of hydrogen-bond acceptors (Lipinski definition) is 3. The van der Waals surface area contributed by atoms with Crippen molar-refractivity contribution in [2.45, 2.75) is 0 Å². The normalized spacial score (nSPS) is 10.1. The minimum absolute atomic E-state index is 0.677. The third-order valence-corrected chi connectivity index (χ3v) is 3.05. The van der Waals surface area contributed by atoms with Gasteiger partial charge < -0.3 is 10.6 Å². The molecule has 2 rings (SSSR count). The van der Waals surface area contributed by atoms with Crippen LogP contribution in [0.5, 0.6) is 0 Å². The molecule has 1 aromatic heterocycles. The van der Waals surface area contributed by atoms with Crippen LogP contribution in [0.4, 0.5) is 17.2 Å². The molecule has 0 aliphatic heterocycles. The maximum absolute atomic E-state index is 6.11. The van der Waals surface area contributed by atoms with Crippen LogP contribution in [0.3, 0.4) is 0 Å². The van der Waals surface area contributed by atoms with Gasteiger partial charge in [-0.25, -0.2) is 4.98 Å². The Balaban J connectivity index is 2.27. The molecule has 17 heavy (non-hydrogen) atoms. The van der Waals surface area contributed by atoms with Crippen LogP contribution in [0.1, 0.15) is 0 Å². The molecular weight excluding hydrogens is 302 g/mol. The zero-order valence-electron chi connectivity index (χ0n) is 9.17. The van der Waals surface area contributed by atoms with Crippen LogP contribution in [0.2, 0.25) is 5.02 Å². The predicted octanol–water partition coefficient (Wildman–Crippen LogP) is 4.28. The van der Waals surface area contributed by atoms with Crippen LogP contribution >= 0.6 is 27.5 Å². The molecule has 0 saturated carbocycles. The molecule has 2 N–H and O–H groups in total. The van der Waals surface area contributed by atoms with Crippen LogP contribution < -0.4 is 10.6 Å². The fourth-order valence-electron chi connectivity index (χ4n) is 1.39. The molecule has 88 valence electrons. The highest BCUT2D eigenvalue weighted by atomic mass is 79.9. The highest BCUT2D eigenvalue weighted by Crippen LogP contribution is 2.28. The van der Waals surface area contributed by atoms with E-state index in [1.165, 1.54) is 0 Å². The van der Waals surface area contributed by atoms with E-state index in [1.54, 1.807) is 6.20 Å². The highest BCUT2D eigenvalue weighted by Gasteiger charge is 2.02. The van der Waals surface area contributed by atoms with E-state index in [0.717, 1.165) is 21.7 Å². The lowest BCUT2D eigenvalue weighted by Gasteiger charge is -2.09. The van der Waals surface area contributed by atoms with E-state index in [2.05, 4.69) is 31.5 Å². The number of nitrogens with zero attached hydrogens (tertiary/aromatic N) is 1. The first-order chi connectivity index (χ1) is 8.19. The van der Waals surface area contributed by atoms with E-state index >= 15 is 0 Å². The van der Waals surface area contributed by atoms with Gasteiger partial charge in [0, 0.05) is 29.5 Å². The first kappa shape index (κ1) is 12.2. The molecule has 0 radical (unpaired) electrons. The Morgan fingerprint density at radius 2 is 2.06 bits per heavy atom. The van der Waals surface area contributed by atoms with Crippen molar-refractivity contribution < 1.29 is 0 Å². The average molecular weight is 313 g/mol. The molecule has 2 aromatic rings. The number of rotatable bonds is 3. The van der Waals surface area contributed by atoms with Gasteiger partial charge in [0.2, 0.25) is 0 Å². The maximum atomic E-state index is 6.11. The van der Waals surface area contributed by atoms with E-state index in [9.17, 15) is 0 Å². The van der Waals surface area contributed by atoms with Crippen LogP contribution in [0.25, 0.3) is 0 Å². The largest absolute Gasteiger partial charge is 0.373 e. The number of nitrogens with one attached hydrogen (secondary N) is 2. The molecule has 0 saturated heterocycles. The fourth-order valence-corrected chi connectivity index (χ4v) is 1.92. The number of anilines is 3. The summed E-state index contributed by atoms with van der Waals surface area (Å²) < 4.78 is 0.979. The van der Waals surface area contributed by atoms with E-state index < -0.39 is 0 Å². The summed E-state index contributed by atoms with van der Waals surface area (Å²) in [6, 6.07) is 9.48. The Labute approximate surface area is 113 Å². The molecule has 0 aliphatic carbocycles. The molecule has 1 aromatic carbocycles.